The van der Waals surface area contributed by atoms with Crippen LogP contribution in [0.3, 0.4) is 0 Å². The fourth-order valence-corrected chi connectivity index (χ4v) is 2.83. The van der Waals surface area contributed by atoms with E-state index >= 15 is 0 Å². The van der Waals surface area contributed by atoms with Gasteiger partial charge in [-0.3, -0.25) is 9.36 Å². The van der Waals surface area contributed by atoms with Crippen molar-refractivity contribution in [3.63, 3.8) is 0 Å². The van der Waals surface area contributed by atoms with Crippen LogP contribution in [0.15, 0.2) is 47.4 Å². The predicted octanol–water partition coefficient (Wildman–Crippen LogP) is -0.503. The van der Waals surface area contributed by atoms with Crippen molar-refractivity contribution >= 4 is 11.7 Å². The first-order valence-corrected chi connectivity index (χ1v) is 7.97. The molecular weight excluding hydrogens is 342 g/mol. The van der Waals surface area contributed by atoms with Gasteiger partial charge in [-0.2, -0.15) is 4.98 Å². The zero-order valence-electron chi connectivity index (χ0n) is 13.9. The minimum Gasteiger partial charge on any atom is -0.394 e. The van der Waals surface area contributed by atoms with Gasteiger partial charge < -0.3 is 25.4 Å². The Morgan fingerprint density at radius 3 is 2.62 bits per heavy atom. The van der Waals surface area contributed by atoms with E-state index in [4.69, 9.17) is 4.74 Å². The Labute approximate surface area is 148 Å². The number of carbonyl (C=O) groups is 1. The van der Waals surface area contributed by atoms with E-state index in [-0.39, 0.29) is 5.82 Å². The van der Waals surface area contributed by atoms with Crippen LogP contribution in [0.25, 0.3) is 0 Å². The maximum atomic E-state index is 12.3. The number of benzene rings is 1. The molecule has 26 heavy (non-hydrogen) atoms. The van der Waals surface area contributed by atoms with Crippen LogP contribution in [0.2, 0.25) is 0 Å². The first-order chi connectivity index (χ1) is 12.3. The molecule has 1 aliphatic rings. The summed E-state index contributed by atoms with van der Waals surface area (Å²) in [4.78, 5) is 28.2. The lowest BCUT2D eigenvalue weighted by Crippen LogP contribution is -2.46. The standard InChI is InChI=1S/C17H19N3O6/c1-17(25)13(22)11(9-21)26-15(17)20-8-7-12(19-16(20)24)18-14(23)10-5-3-2-4-6-10/h2-8,11,13,15,21-22,25H,9H2,1H3,(H,18,19,23,24)/t11-,13?,15-,17?/m1/s1. The lowest BCUT2D eigenvalue weighted by Gasteiger charge is -2.27. The van der Waals surface area contributed by atoms with Crippen molar-refractivity contribution in [2.75, 3.05) is 11.9 Å². The molecule has 1 aromatic heterocycles. The molecular formula is C17H19N3O6. The molecule has 4 atom stereocenters. The van der Waals surface area contributed by atoms with E-state index in [2.05, 4.69) is 10.3 Å². The maximum absolute atomic E-state index is 12.3. The van der Waals surface area contributed by atoms with Crippen LogP contribution >= 0.6 is 0 Å². The SMILES string of the molecule is CC1(O)C(O)[C@@H](CO)O[C@H]1n1ccc(NC(=O)c2ccccc2)nc1=O. The molecule has 9 nitrogen and oxygen atoms in total. The van der Waals surface area contributed by atoms with Gasteiger partial charge in [-0.25, -0.2) is 4.79 Å². The third kappa shape index (κ3) is 3.25. The first kappa shape index (κ1) is 18.2. The van der Waals surface area contributed by atoms with Gasteiger partial charge in [-0.05, 0) is 25.1 Å². The Morgan fingerprint density at radius 2 is 2.04 bits per heavy atom. The summed E-state index contributed by atoms with van der Waals surface area (Å²) in [5, 5.41) is 32.2. The molecule has 4 N–H and O–H groups in total. The smallest absolute Gasteiger partial charge is 0.351 e. The van der Waals surface area contributed by atoms with Crippen molar-refractivity contribution in [2.24, 2.45) is 0 Å². The lowest BCUT2D eigenvalue weighted by molar-refractivity contribution is -0.0986. The van der Waals surface area contributed by atoms with Gasteiger partial charge in [0.05, 0.1) is 6.61 Å². The largest absolute Gasteiger partial charge is 0.394 e. The second kappa shape index (κ2) is 6.96. The molecule has 1 saturated heterocycles. The Kier molecular flexibility index (Phi) is 4.88. The summed E-state index contributed by atoms with van der Waals surface area (Å²) in [6, 6.07) is 9.82. The van der Waals surface area contributed by atoms with E-state index in [0.717, 1.165) is 4.57 Å². The number of aliphatic hydroxyl groups excluding tert-OH is 2. The van der Waals surface area contributed by atoms with Crippen molar-refractivity contribution < 1.29 is 24.9 Å². The summed E-state index contributed by atoms with van der Waals surface area (Å²) in [6.45, 7) is 0.788. The van der Waals surface area contributed by atoms with E-state index in [1.165, 1.54) is 19.2 Å². The first-order valence-electron chi connectivity index (χ1n) is 7.97. The number of aromatic nitrogens is 2. The van der Waals surface area contributed by atoms with E-state index < -0.39 is 42.2 Å². The summed E-state index contributed by atoms with van der Waals surface area (Å²) in [5.41, 5.74) is -2.17. The fraction of sp³-hybridized carbons (Fsp3) is 0.353. The third-order valence-corrected chi connectivity index (χ3v) is 4.29. The molecule has 9 heteroatoms. The number of hydrogen-bond donors (Lipinski definition) is 4. The highest BCUT2D eigenvalue weighted by Crippen LogP contribution is 2.37. The summed E-state index contributed by atoms with van der Waals surface area (Å²) in [6.07, 6.45) is -2.34. The monoisotopic (exact) mass is 361 g/mol. The molecule has 1 amide bonds. The minimum absolute atomic E-state index is 0.0389. The van der Waals surface area contributed by atoms with Gasteiger partial charge in [0.15, 0.2) is 6.23 Å². The Balaban J connectivity index is 1.82. The van der Waals surface area contributed by atoms with Crippen LogP contribution in [0.1, 0.15) is 23.5 Å². The molecule has 2 unspecified atom stereocenters. The molecule has 1 aliphatic heterocycles. The summed E-state index contributed by atoms with van der Waals surface area (Å²) in [7, 11) is 0. The second-order valence-electron chi connectivity index (χ2n) is 6.20. The number of amides is 1. The zero-order chi connectivity index (χ0) is 18.9. The summed E-state index contributed by atoms with van der Waals surface area (Å²) < 4.78 is 6.38. The van der Waals surface area contributed by atoms with E-state index in [1.807, 2.05) is 0 Å². The van der Waals surface area contributed by atoms with Crippen LogP contribution < -0.4 is 11.0 Å². The van der Waals surface area contributed by atoms with Crippen molar-refractivity contribution in [3.8, 4) is 0 Å². The number of ether oxygens (including phenoxy) is 1. The molecule has 1 fully saturated rings. The van der Waals surface area contributed by atoms with Crippen molar-refractivity contribution in [3.05, 3.63) is 58.6 Å². The summed E-state index contributed by atoms with van der Waals surface area (Å²) >= 11 is 0. The Morgan fingerprint density at radius 1 is 1.35 bits per heavy atom. The summed E-state index contributed by atoms with van der Waals surface area (Å²) in [5.74, 6) is -0.382. The highest BCUT2D eigenvalue weighted by Gasteiger charge is 2.53. The number of anilines is 1. The van der Waals surface area contributed by atoms with Crippen LogP contribution in [0.4, 0.5) is 5.82 Å². The highest BCUT2D eigenvalue weighted by atomic mass is 16.6. The molecule has 138 valence electrons. The topological polar surface area (TPSA) is 134 Å². The molecule has 0 spiro atoms. The Hall–Kier alpha value is -2.59. The number of carbonyl (C=O) groups excluding carboxylic acids is 1. The van der Waals surface area contributed by atoms with Gasteiger partial charge in [0.2, 0.25) is 0 Å². The predicted molar refractivity (Wildman–Crippen MR) is 90.5 cm³/mol. The van der Waals surface area contributed by atoms with E-state index in [1.54, 1.807) is 30.3 Å². The number of nitrogens with zero attached hydrogens (tertiary/aromatic N) is 2. The van der Waals surface area contributed by atoms with Gasteiger partial charge in [0, 0.05) is 11.8 Å². The molecule has 2 aromatic rings. The van der Waals surface area contributed by atoms with Crippen molar-refractivity contribution in [1.29, 1.82) is 0 Å². The second-order valence-corrected chi connectivity index (χ2v) is 6.20. The van der Waals surface area contributed by atoms with Crippen LogP contribution in [0, 0.1) is 0 Å². The third-order valence-electron chi connectivity index (χ3n) is 4.29. The number of aliphatic hydroxyl groups is 3. The van der Waals surface area contributed by atoms with Crippen LogP contribution in [-0.4, -0.2) is 55.2 Å². The number of nitrogens with one attached hydrogen (secondary N) is 1. The molecule has 2 heterocycles. The Bertz CT molecular complexity index is 851. The molecule has 0 saturated carbocycles. The average Bonchev–Trinajstić information content (AvgIpc) is 2.85. The lowest BCUT2D eigenvalue weighted by atomic mass is 9.96. The van der Waals surface area contributed by atoms with Crippen LogP contribution in [-0.2, 0) is 4.74 Å². The minimum atomic E-state index is -1.80. The molecule has 0 radical (unpaired) electrons. The fourth-order valence-electron chi connectivity index (χ4n) is 2.83. The molecule has 0 bridgehead atoms. The van der Waals surface area contributed by atoms with Gasteiger partial charge in [0.25, 0.3) is 5.91 Å². The zero-order valence-corrected chi connectivity index (χ0v) is 13.9. The number of rotatable bonds is 4. The number of hydrogen-bond acceptors (Lipinski definition) is 7. The van der Waals surface area contributed by atoms with Crippen LogP contribution in [0.5, 0.6) is 0 Å². The van der Waals surface area contributed by atoms with Gasteiger partial charge in [-0.15, -0.1) is 0 Å². The molecule has 1 aromatic carbocycles. The molecule has 0 aliphatic carbocycles. The van der Waals surface area contributed by atoms with E-state index in [0.29, 0.717) is 5.56 Å². The normalized spacial score (nSPS) is 28.1. The van der Waals surface area contributed by atoms with Gasteiger partial charge in [0.1, 0.15) is 23.6 Å². The average molecular weight is 361 g/mol. The van der Waals surface area contributed by atoms with E-state index in [9.17, 15) is 24.9 Å². The molecule has 3 rings (SSSR count). The quantitative estimate of drug-likeness (QED) is 0.577. The van der Waals surface area contributed by atoms with Gasteiger partial charge >= 0.3 is 5.69 Å². The van der Waals surface area contributed by atoms with Crippen molar-refractivity contribution in [2.45, 2.75) is 31.0 Å². The maximum Gasteiger partial charge on any atom is 0.351 e. The van der Waals surface area contributed by atoms with Gasteiger partial charge in [-0.1, -0.05) is 18.2 Å². The highest BCUT2D eigenvalue weighted by molar-refractivity contribution is 6.03. The van der Waals surface area contributed by atoms with Crippen molar-refractivity contribution in [1.82, 2.24) is 9.55 Å².